The largest absolute Gasteiger partial charge is 0.457 e. The van der Waals surface area contributed by atoms with E-state index in [4.69, 9.17) is 4.74 Å². The standard InChI is InChI=1S/C13H9BrF2O/c1-8-12(14)6-10(16)7-13(8)17-11-4-2-3-9(15)5-11/h2-7H,1H3. The normalized spacial score (nSPS) is 10.4. The molecule has 0 heterocycles. The van der Waals surface area contributed by atoms with Crippen molar-refractivity contribution in [3.05, 3.63) is 58.1 Å². The Bertz CT molecular complexity index is 555. The third-order valence-electron chi connectivity index (χ3n) is 2.29. The minimum absolute atomic E-state index is 0.339. The van der Waals surface area contributed by atoms with Crippen molar-refractivity contribution in [1.82, 2.24) is 0 Å². The van der Waals surface area contributed by atoms with Crippen LogP contribution >= 0.6 is 15.9 Å². The van der Waals surface area contributed by atoms with Crippen molar-refractivity contribution < 1.29 is 13.5 Å². The summed E-state index contributed by atoms with van der Waals surface area (Å²) in [4.78, 5) is 0. The van der Waals surface area contributed by atoms with Crippen LogP contribution in [0.1, 0.15) is 5.56 Å². The van der Waals surface area contributed by atoms with Gasteiger partial charge in [0.25, 0.3) is 0 Å². The van der Waals surface area contributed by atoms with Crippen LogP contribution in [0, 0.1) is 18.6 Å². The van der Waals surface area contributed by atoms with Crippen LogP contribution in [-0.2, 0) is 0 Å². The van der Waals surface area contributed by atoms with Crippen molar-refractivity contribution in [1.29, 1.82) is 0 Å². The lowest BCUT2D eigenvalue weighted by atomic mass is 10.2. The molecule has 88 valence electrons. The zero-order valence-electron chi connectivity index (χ0n) is 9.01. The molecule has 0 unspecified atom stereocenters. The van der Waals surface area contributed by atoms with Gasteiger partial charge in [0, 0.05) is 22.2 Å². The highest BCUT2D eigenvalue weighted by Crippen LogP contribution is 2.31. The van der Waals surface area contributed by atoms with Gasteiger partial charge in [-0.25, -0.2) is 8.78 Å². The van der Waals surface area contributed by atoms with Gasteiger partial charge in [-0.05, 0) is 25.1 Å². The van der Waals surface area contributed by atoms with E-state index in [1.807, 2.05) is 0 Å². The molecule has 0 saturated carbocycles. The minimum atomic E-state index is -0.408. The van der Waals surface area contributed by atoms with Gasteiger partial charge in [-0.3, -0.25) is 0 Å². The monoisotopic (exact) mass is 298 g/mol. The highest BCUT2D eigenvalue weighted by atomic mass is 79.9. The molecule has 0 aromatic heterocycles. The summed E-state index contributed by atoms with van der Waals surface area (Å²) < 4.78 is 32.2. The predicted molar refractivity (Wildman–Crippen MR) is 65.3 cm³/mol. The summed E-state index contributed by atoms with van der Waals surface area (Å²) in [6.07, 6.45) is 0. The summed E-state index contributed by atoms with van der Waals surface area (Å²) in [5, 5.41) is 0. The predicted octanol–water partition coefficient (Wildman–Crippen LogP) is 4.83. The van der Waals surface area contributed by atoms with Gasteiger partial charge in [-0.2, -0.15) is 0 Å². The lowest BCUT2D eigenvalue weighted by Gasteiger charge is -2.10. The molecule has 0 radical (unpaired) electrons. The fourth-order valence-corrected chi connectivity index (χ4v) is 1.80. The molecule has 0 N–H and O–H groups in total. The molecular formula is C13H9BrF2O. The molecule has 0 atom stereocenters. The van der Waals surface area contributed by atoms with Gasteiger partial charge in [0.2, 0.25) is 0 Å². The topological polar surface area (TPSA) is 9.23 Å². The molecule has 0 bridgehead atoms. The quantitative estimate of drug-likeness (QED) is 0.772. The van der Waals surface area contributed by atoms with Crippen LogP contribution in [0.3, 0.4) is 0 Å². The number of rotatable bonds is 2. The fourth-order valence-electron chi connectivity index (χ4n) is 1.39. The smallest absolute Gasteiger partial charge is 0.134 e. The first-order valence-corrected chi connectivity index (χ1v) is 5.74. The summed E-state index contributed by atoms with van der Waals surface area (Å²) in [5.41, 5.74) is 0.760. The van der Waals surface area contributed by atoms with Crippen LogP contribution in [0.2, 0.25) is 0 Å². The first-order chi connectivity index (χ1) is 8.06. The van der Waals surface area contributed by atoms with E-state index in [2.05, 4.69) is 15.9 Å². The van der Waals surface area contributed by atoms with E-state index in [9.17, 15) is 8.78 Å². The van der Waals surface area contributed by atoms with Crippen molar-refractivity contribution in [3.8, 4) is 11.5 Å². The van der Waals surface area contributed by atoms with Gasteiger partial charge in [0.15, 0.2) is 0 Å². The van der Waals surface area contributed by atoms with Crippen molar-refractivity contribution in [2.45, 2.75) is 6.92 Å². The van der Waals surface area contributed by atoms with Gasteiger partial charge >= 0.3 is 0 Å². The van der Waals surface area contributed by atoms with E-state index in [0.29, 0.717) is 16.0 Å². The number of hydrogen-bond donors (Lipinski definition) is 0. The average Bonchev–Trinajstić information content (AvgIpc) is 2.25. The maximum absolute atomic E-state index is 13.2. The van der Waals surface area contributed by atoms with E-state index in [1.165, 1.54) is 30.3 Å². The maximum Gasteiger partial charge on any atom is 0.134 e. The molecule has 2 rings (SSSR count). The molecule has 17 heavy (non-hydrogen) atoms. The molecule has 0 fully saturated rings. The second kappa shape index (κ2) is 4.84. The summed E-state index contributed by atoms with van der Waals surface area (Å²) in [6, 6.07) is 8.34. The van der Waals surface area contributed by atoms with E-state index < -0.39 is 11.6 Å². The van der Waals surface area contributed by atoms with E-state index >= 15 is 0 Å². The SMILES string of the molecule is Cc1c(Br)cc(F)cc1Oc1cccc(F)c1. The fraction of sp³-hybridized carbons (Fsp3) is 0.0769. The van der Waals surface area contributed by atoms with E-state index in [-0.39, 0.29) is 0 Å². The second-order valence-electron chi connectivity index (χ2n) is 3.57. The Labute approximate surface area is 106 Å². The average molecular weight is 299 g/mol. The van der Waals surface area contributed by atoms with Crippen LogP contribution in [0.25, 0.3) is 0 Å². The lowest BCUT2D eigenvalue weighted by molar-refractivity contribution is 0.467. The van der Waals surface area contributed by atoms with Crippen molar-refractivity contribution in [3.63, 3.8) is 0 Å². The Kier molecular flexibility index (Phi) is 3.43. The molecule has 2 aromatic carbocycles. The highest BCUT2D eigenvalue weighted by Gasteiger charge is 2.08. The Morgan fingerprint density at radius 2 is 1.82 bits per heavy atom. The third kappa shape index (κ3) is 2.82. The van der Waals surface area contributed by atoms with Gasteiger partial charge < -0.3 is 4.74 Å². The third-order valence-corrected chi connectivity index (χ3v) is 3.11. The van der Waals surface area contributed by atoms with Gasteiger partial charge in [0.05, 0.1) is 0 Å². The summed E-state index contributed by atoms with van der Waals surface area (Å²) in [6.45, 7) is 1.79. The van der Waals surface area contributed by atoms with Crippen LogP contribution < -0.4 is 4.74 Å². The second-order valence-corrected chi connectivity index (χ2v) is 4.42. The van der Waals surface area contributed by atoms with Gasteiger partial charge in [-0.15, -0.1) is 0 Å². The Morgan fingerprint density at radius 1 is 1.06 bits per heavy atom. The van der Waals surface area contributed by atoms with Crippen molar-refractivity contribution in [2.75, 3.05) is 0 Å². The molecule has 0 spiro atoms. The number of ether oxygens (including phenoxy) is 1. The zero-order chi connectivity index (χ0) is 12.4. The Hall–Kier alpha value is -1.42. The van der Waals surface area contributed by atoms with E-state index in [0.717, 1.165) is 5.56 Å². The molecule has 0 aliphatic carbocycles. The Balaban J connectivity index is 2.36. The Morgan fingerprint density at radius 3 is 2.53 bits per heavy atom. The van der Waals surface area contributed by atoms with Crippen molar-refractivity contribution in [2.24, 2.45) is 0 Å². The molecule has 4 heteroatoms. The van der Waals surface area contributed by atoms with Crippen LogP contribution in [0.4, 0.5) is 8.78 Å². The van der Waals surface area contributed by atoms with Crippen molar-refractivity contribution >= 4 is 15.9 Å². The number of halogens is 3. The maximum atomic E-state index is 13.2. The molecule has 2 aromatic rings. The van der Waals surface area contributed by atoms with Gasteiger partial charge in [0.1, 0.15) is 23.1 Å². The first-order valence-electron chi connectivity index (χ1n) is 4.95. The van der Waals surface area contributed by atoms with Crippen LogP contribution in [-0.4, -0.2) is 0 Å². The molecule has 1 nitrogen and oxygen atoms in total. The lowest BCUT2D eigenvalue weighted by Crippen LogP contribution is -1.90. The number of benzene rings is 2. The molecule has 0 amide bonds. The zero-order valence-corrected chi connectivity index (χ0v) is 10.6. The van der Waals surface area contributed by atoms with Crippen LogP contribution in [0.15, 0.2) is 40.9 Å². The molecule has 0 aliphatic rings. The molecular weight excluding hydrogens is 290 g/mol. The summed E-state index contributed by atoms with van der Waals surface area (Å²) >= 11 is 3.23. The highest BCUT2D eigenvalue weighted by molar-refractivity contribution is 9.10. The number of hydrogen-bond acceptors (Lipinski definition) is 1. The molecule has 0 saturated heterocycles. The van der Waals surface area contributed by atoms with Gasteiger partial charge in [-0.1, -0.05) is 22.0 Å². The van der Waals surface area contributed by atoms with Crippen LogP contribution in [0.5, 0.6) is 11.5 Å². The summed E-state index contributed by atoms with van der Waals surface area (Å²) in [5.74, 6) is -0.0995. The minimum Gasteiger partial charge on any atom is -0.457 e. The molecule has 0 aliphatic heterocycles. The van der Waals surface area contributed by atoms with E-state index in [1.54, 1.807) is 13.0 Å². The summed E-state index contributed by atoms with van der Waals surface area (Å²) in [7, 11) is 0. The first kappa shape index (κ1) is 12.0.